The van der Waals surface area contributed by atoms with E-state index in [1.165, 1.54) is 0 Å². The number of benzene rings is 3. The lowest BCUT2D eigenvalue weighted by atomic mass is 10.0. The molecule has 0 atom stereocenters. The number of Topliss-reactive ketones (excluding diaryl/α,β-unsaturated/α-hetero) is 1. The molecule has 0 saturated heterocycles. The molecule has 0 amide bonds. The van der Waals surface area contributed by atoms with E-state index in [0.29, 0.717) is 27.7 Å². The Balaban J connectivity index is 1.35. The van der Waals surface area contributed by atoms with E-state index in [2.05, 4.69) is 9.97 Å². The summed E-state index contributed by atoms with van der Waals surface area (Å²) in [4.78, 5) is 34.5. The quantitative estimate of drug-likeness (QED) is 0.237. The Morgan fingerprint density at radius 3 is 2.21 bits per heavy atom. The lowest BCUT2D eigenvalue weighted by molar-refractivity contribution is 0.0476. The first-order chi connectivity index (χ1) is 16.7. The zero-order valence-electron chi connectivity index (χ0n) is 18.2. The molecule has 0 saturated carbocycles. The summed E-state index contributed by atoms with van der Waals surface area (Å²) in [7, 11) is 0. The summed E-state index contributed by atoms with van der Waals surface area (Å²) in [5.41, 5.74) is 5.00. The number of hydrogen-bond donors (Lipinski definition) is 0. The monoisotopic (exact) mass is 444 g/mol. The van der Waals surface area contributed by atoms with Gasteiger partial charge in [-0.25, -0.2) is 9.78 Å². The number of carbonyl (C=O) groups excluding carboxylic acids is 2. The van der Waals surface area contributed by atoms with Gasteiger partial charge in [0.25, 0.3) is 0 Å². The molecule has 2 heterocycles. The van der Waals surface area contributed by atoms with Crippen molar-refractivity contribution < 1.29 is 14.3 Å². The fraction of sp³-hybridized carbons (Fsp3) is 0.0345. The largest absolute Gasteiger partial charge is 0.454 e. The van der Waals surface area contributed by atoms with Gasteiger partial charge in [0.05, 0.1) is 16.8 Å². The molecular weight excluding hydrogens is 424 g/mol. The van der Waals surface area contributed by atoms with Crippen molar-refractivity contribution in [3.63, 3.8) is 0 Å². The third kappa shape index (κ3) is 4.45. The van der Waals surface area contributed by atoms with Crippen molar-refractivity contribution in [1.29, 1.82) is 0 Å². The Hall–Kier alpha value is -4.64. The molecule has 5 nitrogen and oxygen atoms in total. The zero-order valence-corrected chi connectivity index (χ0v) is 18.2. The normalized spacial score (nSPS) is 10.7. The minimum atomic E-state index is -0.571. The molecule has 5 heteroatoms. The highest BCUT2D eigenvalue weighted by Gasteiger charge is 2.17. The molecule has 0 unspecified atom stereocenters. The summed E-state index contributed by atoms with van der Waals surface area (Å²) in [6.45, 7) is -0.345. The van der Waals surface area contributed by atoms with Gasteiger partial charge in [-0.1, -0.05) is 72.8 Å². The number of fused-ring (bicyclic) bond motifs is 1. The van der Waals surface area contributed by atoms with Gasteiger partial charge in [0.1, 0.15) is 0 Å². The van der Waals surface area contributed by atoms with Crippen LogP contribution in [0.25, 0.3) is 33.3 Å². The van der Waals surface area contributed by atoms with Gasteiger partial charge < -0.3 is 4.74 Å². The Morgan fingerprint density at radius 1 is 0.735 bits per heavy atom. The number of nitrogens with zero attached hydrogens (tertiary/aromatic N) is 2. The number of ketones is 1. The van der Waals surface area contributed by atoms with Crippen LogP contribution in [-0.4, -0.2) is 28.3 Å². The van der Waals surface area contributed by atoms with Gasteiger partial charge in [-0.3, -0.25) is 9.78 Å². The number of aromatic nitrogens is 2. The molecule has 34 heavy (non-hydrogen) atoms. The highest BCUT2D eigenvalue weighted by atomic mass is 16.5. The Morgan fingerprint density at radius 2 is 1.44 bits per heavy atom. The standard InChI is InChI=1S/C29H20N2O3/c32-28(22-14-12-21(13-15-22)20-7-2-1-3-8-20)19-34-29(33)25-17-27(23-9-6-16-30-18-23)31-26-11-5-4-10-24(25)26/h1-18H,19H2. The summed E-state index contributed by atoms with van der Waals surface area (Å²) in [6.07, 6.45) is 3.37. The smallest absolute Gasteiger partial charge is 0.339 e. The van der Waals surface area contributed by atoms with Crippen LogP contribution in [0.15, 0.2) is 109 Å². The first-order valence-corrected chi connectivity index (χ1v) is 10.8. The highest BCUT2D eigenvalue weighted by Crippen LogP contribution is 2.25. The number of esters is 1. The fourth-order valence-corrected chi connectivity index (χ4v) is 3.78. The van der Waals surface area contributed by atoms with Crippen molar-refractivity contribution in [2.75, 3.05) is 6.61 Å². The number of hydrogen-bond acceptors (Lipinski definition) is 5. The van der Waals surface area contributed by atoms with Crippen molar-refractivity contribution in [2.45, 2.75) is 0 Å². The van der Waals surface area contributed by atoms with E-state index in [1.54, 1.807) is 30.6 Å². The number of carbonyl (C=O) groups is 2. The second-order valence-corrected chi connectivity index (χ2v) is 7.76. The Bertz CT molecular complexity index is 1460. The average molecular weight is 444 g/mol. The first-order valence-electron chi connectivity index (χ1n) is 10.8. The van der Waals surface area contributed by atoms with Crippen LogP contribution in [0, 0.1) is 0 Å². The summed E-state index contributed by atoms with van der Waals surface area (Å²) < 4.78 is 5.43. The van der Waals surface area contributed by atoms with E-state index < -0.39 is 5.97 Å². The molecule has 0 bridgehead atoms. The lowest BCUT2D eigenvalue weighted by Gasteiger charge is -2.10. The van der Waals surface area contributed by atoms with E-state index in [-0.39, 0.29) is 12.4 Å². The van der Waals surface area contributed by atoms with Gasteiger partial charge >= 0.3 is 5.97 Å². The fourth-order valence-electron chi connectivity index (χ4n) is 3.78. The molecule has 0 aliphatic heterocycles. The van der Waals surface area contributed by atoms with E-state index in [4.69, 9.17) is 4.74 Å². The predicted octanol–water partition coefficient (Wildman–Crippen LogP) is 6.00. The summed E-state index contributed by atoms with van der Waals surface area (Å²) >= 11 is 0. The number of rotatable bonds is 6. The molecule has 5 rings (SSSR count). The van der Waals surface area contributed by atoms with E-state index in [1.807, 2.05) is 78.9 Å². The van der Waals surface area contributed by atoms with Crippen molar-refractivity contribution in [1.82, 2.24) is 9.97 Å². The maximum Gasteiger partial charge on any atom is 0.339 e. The second-order valence-electron chi connectivity index (χ2n) is 7.76. The van der Waals surface area contributed by atoms with Crippen LogP contribution in [0.5, 0.6) is 0 Å². The highest BCUT2D eigenvalue weighted by molar-refractivity contribution is 6.06. The molecule has 5 aromatic rings. The van der Waals surface area contributed by atoms with Gasteiger partial charge in [-0.15, -0.1) is 0 Å². The van der Waals surface area contributed by atoms with Crippen molar-refractivity contribution in [3.8, 4) is 22.4 Å². The number of ether oxygens (including phenoxy) is 1. The van der Waals surface area contributed by atoms with Crippen LogP contribution in [0.1, 0.15) is 20.7 Å². The molecule has 0 aliphatic rings. The van der Waals surface area contributed by atoms with Gasteiger partial charge in [0.2, 0.25) is 0 Å². The second kappa shape index (κ2) is 9.46. The average Bonchev–Trinajstić information content (AvgIpc) is 2.92. The van der Waals surface area contributed by atoms with Gasteiger partial charge in [0, 0.05) is 28.9 Å². The van der Waals surface area contributed by atoms with Crippen LogP contribution in [0.2, 0.25) is 0 Å². The van der Waals surface area contributed by atoms with Crippen LogP contribution < -0.4 is 0 Å². The molecule has 0 spiro atoms. The van der Waals surface area contributed by atoms with Gasteiger partial charge in [-0.05, 0) is 35.4 Å². The third-order valence-electron chi connectivity index (χ3n) is 5.54. The molecule has 0 fully saturated rings. The van der Waals surface area contributed by atoms with E-state index in [0.717, 1.165) is 16.7 Å². The number of para-hydroxylation sites is 1. The van der Waals surface area contributed by atoms with Crippen LogP contribution in [-0.2, 0) is 4.74 Å². The summed E-state index contributed by atoms with van der Waals surface area (Å²) in [5.74, 6) is -0.836. The molecule has 3 aromatic carbocycles. The van der Waals surface area contributed by atoms with Gasteiger partial charge in [0.15, 0.2) is 12.4 Å². The Labute approximate surface area is 196 Å². The predicted molar refractivity (Wildman–Crippen MR) is 131 cm³/mol. The zero-order chi connectivity index (χ0) is 23.3. The van der Waals surface area contributed by atoms with Crippen LogP contribution in [0.3, 0.4) is 0 Å². The maximum absolute atomic E-state index is 13.0. The summed E-state index contributed by atoms with van der Waals surface area (Å²) in [6, 6.07) is 29.9. The van der Waals surface area contributed by atoms with Crippen molar-refractivity contribution >= 4 is 22.7 Å². The minimum absolute atomic E-state index is 0.265. The van der Waals surface area contributed by atoms with Crippen molar-refractivity contribution in [3.05, 3.63) is 121 Å². The topological polar surface area (TPSA) is 69.2 Å². The third-order valence-corrected chi connectivity index (χ3v) is 5.54. The molecule has 0 aliphatic carbocycles. The maximum atomic E-state index is 13.0. The lowest BCUT2D eigenvalue weighted by Crippen LogP contribution is -2.15. The minimum Gasteiger partial charge on any atom is -0.454 e. The summed E-state index contributed by atoms with van der Waals surface area (Å²) in [5, 5.41) is 0.666. The van der Waals surface area contributed by atoms with Gasteiger partial charge in [-0.2, -0.15) is 0 Å². The van der Waals surface area contributed by atoms with Crippen LogP contribution >= 0.6 is 0 Å². The SMILES string of the molecule is O=C(COC(=O)c1cc(-c2cccnc2)nc2ccccc12)c1ccc(-c2ccccc2)cc1. The molecule has 164 valence electrons. The first kappa shape index (κ1) is 21.2. The van der Waals surface area contributed by atoms with Crippen molar-refractivity contribution in [2.24, 2.45) is 0 Å². The number of pyridine rings is 2. The Kier molecular flexibility index (Phi) is 5.91. The molecule has 0 radical (unpaired) electrons. The molecule has 2 aromatic heterocycles. The van der Waals surface area contributed by atoms with Crippen LogP contribution in [0.4, 0.5) is 0 Å². The van der Waals surface area contributed by atoms with E-state index >= 15 is 0 Å². The van der Waals surface area contributed by atoms with E-state index in [9.17, 15) is 9.59 Å². The molecule has 0 N–H and O–H groups in total. The molecular formula is C29H20N2O3.